The minimum Gasteiger partial charge on any atom is -0.367 e. The summed E-state index contributed by atoms with van der Waals surface area (Å²) in [4.78, 5) is 34.0. The molecule has 0 spiro atoms. The van der Waals surface area contributed by atoms with E-state index in [1.807, 2.05) is 31.2 Å². The van der Waals surface area contributed by atoms with Crippen molar-refractivity contribution in [3.05, 3.63) is 64.3 Å². The number of carbonyl (C=O) groups excluding carboxylic acids is 1. The van der Waals surface area contributed by atoms with Gasteiger partial charge in [-0.1, -0.05) is 12.1 Å². The van der Waals surface area contributed by atoms with E-state index in [9.17, 15) is 9.59 Å². The van der Waals surface area contributed by atoms with E-state index in [1.165, 1.54) is 18.5 Å². The Morgan fingerprint density at radius 2 is 2.10 bits per heavy atom. The molecule has 1 atom stereocenters. The molecule has 1 amide bonds. The monoisotopic (exact) mass is 282 g/mol. The molecule has 0 saturated heterocycles. The molecular weight excluding hydrogens is 268 g/mol. The lowest BCUT2D eigenvalue weighted by Gasteiger charge is -2.10. The van der Waals surface area contributed by atoms with Crippen molar-refractivity contribution in [1.82, 2.24) is 20.3 Å². The van der Waals surface area contributed by atoms with Gasteiger partial charge in [0.05, 0.1) is 17.1 Å². The Hall–Kier alpha value is -2.89. The van der Waals surface area contributed by atoms with E-state index in [4.69, 9.17) is 0 Å². The molecule has 1 unspecified atom stereocenters. The van der Waals surface area contributed by atoms with Crippen molar-refractivity contribution >= 4 is 16.9 Å². The lowest BCUT2D eigenvalue weighted by Crippen LogP contribution is -2.31. The van der Waals surface area contributed by atoms with Gasteiger partial charge in [-0.3, -0.25) is 9.59 Å². The van der Waals surface area contributed by atoms with Crippen molar-refractivity contribution in [3.63, 3.8) is 0 Å². The summed E-state index contributed by atoms with van der Waals surface area (Å²) in [6.07, 6.45) is 2.88. The van der Waals surface area contributed by atoms with Crippen LogP contribution >= 0.6 is 0 Å². The zero-order chi connectivity index (χ0) is 14.8. The van der Waals surface area contributed by atoms with E-state index in [2.05, 4.69) is 20.3 Å². The summed E-state index contributed by atoms with van der Waals surface area (Å²) in [6.45, 7) is 1.81. The van der Waals surface area contributed by atoms with Crippen LogP contribution in [0.15, 0.2) is 47.5 Å². The van der Waals surface area contributed by atoms with Crippen molar-refractivity contribution < 1.29 is 4.79 Å². The molecule has 2 heterocycles. The average molecular weight is 282 g/mol. The van der Waals surface area contributed by atoms with E-state index in [1.54, 1.807) is 0 Å². The van der Waals surface area contributed by atoms with E-state index in [0.717, 1.165) is 11.0 Å². The van der Waals surface area contributed by atoms with Crippen molar-refractivity contribution in [1.29, 1.82) is 0 Å². The molecule has 0 aliphatic heterocycles. The van der Waals surface area contributed by atoms with Gasteiger partial charge >= 0.3 is 0 Å². The number of nitrogens with one attached hydrogen (secondary N) is 3. The van der Waals surface area contributed by atoms with Crippen molar-refractivity contribution in [2.45, 2.75) is 13.0 Å². The molecular formula is C15H14N4O2. The van der Waals surface area contributed by atoms with Gasteiger partial charge < -0.3 is 15.3 Å². The normalized spacial score (nSPS) is 12.2. The molecule has 3 rings (SSSR count). The van der Waals surface area contributed by atoms with Crippen LogP contribution in [0.1, 0.15) is 29.1 Å². The summed E-state index contributed by atoms with van der Waals surface area (Å²) in [5.41, 5.74) is 1.51. The first kappa shape index (κ1) is 13.1. The topological polar surface area (TPSA) is 90.6 Å². The maximum atomic E-state index is 12.1. The highest BCUT2D eigenvalue weighted by Gasteiger charge is 2.16. The molecule has 6 nitrogen and oxygen atoms in total. The number of fused-ring (bicyclic) bond motifs is 1. The van der Waals surface area contributed by atoms with Crippen LogP contribution < -0.4 is 10.7 Å². The number of pyridine rings is 1. The van der Waals surface area contributed by atoms with E-state index in [-0.39, 0.29) is 17.0 Å². The van der Waals surface area contributed by atoms with E-state index >= 15 is 0 Å². The standard InChI is InChI=1S/C15H14N4O2/c1-9(14-18-11-4-2-3-5-12(11)19-14)17-15(21)10-8-16-7-6-13(10)20/h2-9H,1H3,(H,16,20)(H,17,21)(H,18,19). The highest BCUT2D eigenvalue weighted by molar-refractivity contribution is 5.94. The molecule has 0 fully saturated rings. The van der Waals surface area contributed by atoms with Crippen molar-refractivity contribution in [2.75, 3.05) is 0 Å². The number of H-pyrrole nitrogens is 2. The number of benzene rings is 1. The zero-order valence-corrected chi connectivity index (χ0v) is 11.4. The molecule has 0 aliphatic rings. The number of hydrogen-bond acceptors (Lipinski definition) is 3. The van der Waals surface area contributed by atoms with Gasteiger partial charge in [0.1, 0.15) is 11.4 Å². The maximum absolute atomic E-state index is 12.1. The van der Waals surface area contributed by atoms with Gasteiger partial charge in [-0.05, 0) is 19.1 Å². The third-order valence-corrected chi connectivity index (χ3v) is 3.23. The Morgan fingerprint density at radius 1 is 1.29 bits per heavy atom. The number of nitrogens with zero attached hydrogens (tertiary/aromatic N) is 1. The SMILES string of the molecule is CC(NC(=O)c1c[nH]ccc1=O)c1nc2ccccc2[nH]1. The molecule has 21 heavy (non-hydrogen) atoms. The largest absolute Gasteiger partial charge is 0.367 e. The van der Waals surface area contributed by atoms with Crippen molar-refractivity contribution in [3.8, 4) is 0 Å². The first-order chi connectivity index (χ1) is 10.1. The second kappa shape index (κ2) is 5.24. The summed E-state index contributed by atoms with van der Waals surface area (Å²) < 4.78 is 0. The van der Waals surface area contributed by atoms with Crippen molar-refractivity contribution in [2.24, 2.45) is 0 Å². The van der Waals surface area contributed by atoms with Crippen LogP contribution in [-0.4, -0.2) is 20.9 Å². The fourth-order valence-corrected chi connectivity index (χ4v) is 2.11. The number of aromatic nitrogens is 3. The molecule has 106 valence electrons. The quantitative estimate of drug-likeness (QED) is 0.683. The van der Waals surface area contributed by atoms with Crippen LogP contribution in [0.4, 0.5) is 0 Å². The molecule has 2 aromatic heterocycles. The second-order valence-electron chi connectivity index (χ2n) is 4.76. The average Bonchev–Trinajstić information content (AvgIpc) is 2.91. The minimum absolute atomic E-state index is 0.0838. The molecule has 3 aromatic rings. The van der Waals surface area contributed by atoms with Crippen LogP contribution in [0.25, 0.3) is 11.0 Å². The predicted molar refractivity (Wildman–Crippen MR) is 79.0 cm³/mol. The fraction of sp³-hybridized carbons (Fsp3) is 0.133. The van der Waals surface area contributed by atoms with Crippen LogP contribution in [0, 0.1) is 0 Å². The maximum Gasteiger partial charge on any atom is 0.257 e. The highest BCUT2D eigenvalue weighted by Crippen LogP contribution is 2.15. The Balaban J connectivity index is 1.83. The Labute approximate surface area is 120 Å². The molecule has 0 aliphatic carbocycles. The third-order valence-electron chi connectivity index (χ3n) is 3.23. The van der Waals surface area contributed by atoms with Gasteiger partial charge in [0.2, 0.25) is 0 Å². The van der Waals surface area contributed by atoms with Gasteiger partial charge in [-0.2, -0.15) is 0 Å². The second-order valence-corrected chi connectivity index (χ2v) is 4.76. The first-order valence-electron chi connectivity index (χ1n) is 6.58. The van der Waals surface area contributed by atoms with E-state index < -0.39 is 5.91 Å². The number of para-hydroxylation sites is 2. The lowest BCUT2D eigenvalue weighted by molar-refractivity contribution is 0.0937. The predicted octanol–water partition coefficient (Wildman–Crippen LogP) is 1.74. The van der Waals surface area contributed by atoms with Gasteiger partial charge in [0.25, 0.3) is 5.91 Å². The van der Waals surface area contributed by atoms with E-state index in [0.29, 0.717) is 5.82 Å². The van der Waals surface area contributed by atoms with Gasteiger partial charge in [0.15, 0.2) is 5.43 Å². The van der Waals surface area contributed by atoms with Crippen LogP contribution in [-0.2, 0) is 0 Å². The third kappa shape index (κ3) is 2.55. The molecule has 6 heteroatoms. The summed E-state index contributed by atoms with van der Waals surface area (Å²) in [6, 6.07) is 8.62. The number of imidazole rings is 1. The Bertz CT molecular complexity index is 817. The minimum atomic E-state index is -0.426. The van der Waals surface area contributed by atoms with Crippen LogP contribution in [0.3, 0.4) is 0 Å². The van der Waals surface area contributed by atoms with Gasteiger partial charge in [-0.25, -0.2) is 4.98 Å². The summed E-state index contributed by atoms with van der Waals surface area (Å²) in [5.74, 6) is 0.224. The van der Waals surface area contributed by atoms with Gasteiger partial charge in [-0.15, -0.1) is 0 Å². The molecule has 0 saturated carbocycles. The number of aromatic amines is 2. The summed E-state index contributed by atoms with van der Waals surface area (Å²) in [7, 11) is 0. The number of hydrogen-bond donors (Lipinski definition) is 3. The smallest absolute Gasteiger partial charge is 0.257 e. The molecule has 1 aromatic carbocycles. The first-order valence-corrected chi connectivity index (χ1v) is 6.58. The number of carbonyl (C=O) groups is 1. The summed E-state index contributed by atoms with van der Waals surface area (Å²) in [5, 5.41) is 2.76. The summed E-state index contributed by atoms with van der Waals surface area (Å²) >= 11 is 0. The van der Waals surface area contributed by atoms with Crippen LogP contribution in [0.5, 0.6) is 0 Å². The zero-order valence-electron chi connectivity index (χ0n) is 11.4. The molecule has 3 N–H and O–H groups in total. The highest BCUT2D eigenvalue weighted by atomic mass is 16.2. The Morgan fingerprint density at radius 3 is 2.86 bits per heavy atom. The van der Waals surface area contributed by atoms with Gasteiger partial charge in [0, 0.05) is 18.5 Å². The molecule has 0 radical (unpaired) electrons. The molecule has 0 bridgehead atoms. The Kier molecular flexibility index (Phi) is 3.27. The van der Waals surface area contributed by atoms with Crippen LogP contribution in [0.2, 0.25) is 0 Å². The lowest BCUT2D eigenvalue weighted by atomic mass is 10.2. The number of rotatable bonds is 3. The number of amides is 1. The fourth-order valence-electron chi connectivity index (χ4n) is 2.11.